The molecule has 3 N–H and O–H groups in total. The Morgan fingerprint density at radius 3 is 3.12 bits per heavy atom. The quantitative estimate of drug-likeness (QED) is 0.744. The molecule has 0 radical (unpaired) electrons. The first kappa shape index (κ1) is 12.1. The van der Waals surface area contributed by atoms with Gasteiger partial charge in [-0.05, 0) is 12.8 Å². The van der Waals surface area contributed by atoms with E-state index >= 15 is 0 Å². The molecule has 0 spiro atoms. The molecule has 1 aromatic rings. The number of imidazole rings is 1. The lowest BCUT2D eigenvalue weighted by atomic mass is 10.2. The highest BCUT2D eigenvalue weighted by molar-refractivity contribution is 5.80. The van der Waals surface area contributed by atoms with Gasteiger partial charge in [0.05, 0.1) is 12.6 Å². The highest BCUT2D eigenvalue weighted by Gasteiger charge is 2.29. The number of amides is 1. The Hall–Kier alpha value is -1.40. The van der Waals surface area contributed by atoms with Crippen LogP contribution in [0, 0.1) is 0 Å². The van der Waals surface area contributed by atoms with Crippen molar-refractivity contribution in [3.8, 4) is 0 Å². The van der Waals surface area contributed by atoms with Crippen LogP contribution < -0.4 is 11.1 Å². The summed E-state index contributed by atoms with van der Waals surface area (Å²) in [5, 5.41) is 2.82. The van der Waals surface area contributed by atoms with Gasteiger partial charge in [-0.2, -0.15) is 0 Å². The second-order valence-electron chi connectivity index (χ2n) is 4.23. The van der Waals surface area contributed by atoms with E-state index in [2.05, 4.69) is 10.3 Å². The van der Waals surface area contributed by atoms with Crippen LogP contribution in [0.5, 0.6) is 0 Å². The maximum atomic E-state index is 11.8. The number of aryl methyl sites for hydroxylation is 1. The highest BCUT2D eigenvalue weighted by atomic mass is 16.5. The van der Waals surface area contributed by atoms with Gasteiger partial charge < -0.3 is 20.4 Å². The zero-order valence-corrected chi connectivity index (χ0v) is 9.93. The van der Waals surface area contributed by atoms with Gasteiger partial charge in [-0.1, -0.05) is 0 Å². The van der Waals surface area contributed by atoms with E-state index < -0.39 is 0 Å². The van der Waals surface area contributed by atoms with Crippen molar-refractivity contribution in [1.29, 1.82) is 0 Å². The van der Waals surface area contributed by atoms with Gasteiger partial charge in [-0.15, -0.1) is 0 Å². The Morgan fingerprint density at radius 1 is 1.71 bits per heavy atom. The molecule has 1 aromatic heterocycles. The van der Waals surface area contributed by atoms with E-state index in [1.54, 1.807) is 6.20 Å². The minimum Gasteiger partial charge on any atom is -0.364 e. The van der Waals surface area contributed by atoms with Crippen LogP contribution in [-0.2, 0) is 23.1 Å². The smallest absolute Gasteiger partial charge is 0.249 e. The number of ether oxygens (including phenoxy) is 1. The number of carbonyl (C=O) groups is 1. The van der Waals surface area contributed by atoms with Gasteiger partial charge in [-0.3, -0.25) is 4.79 Å². The molecule has 2 rings (SSSR count). The molecular formula is C11H18N4O2. The van der Waals surface area contributed by atoms with Gasteiger partial charge in [0.15, 0.2) is 0 Å². The number of aromatic nitrogens is 2. The second-order valence-corrected chi connectivity index (χ2v) is 4.23. The van der Waals surface area contributed by atoms with Crippen molar-refractivity contribution in [1.82, 2.24) is 14.9 Å². The summed E-state index contributed by atoms with van der Waals surface area (Å²) in [4.78, 5) is 15.9. The molecule has 1 aliphatic rings. The first-order chi connectivity index (χ1) is 8.20. The standard InChI is InChI=1S/C11H18N4O2/c1-15-5-4-13-10(15)7-14-11(16)9-3-2-8(6-12)17-9/h4-5,8-9H,2-3,6-7,12H2,1H3,(H,14,16). The fourth-order valence-corrected chi connectivity index (χ4v) is 1.92. The van der Waals surface area contributed by atoms with E-state index in [4.69, 9.17) is 10.5 Å². The number of carbonyl (C=O) groups excluding carboxylic acids is 1. The van der Waals surface area contributed by atoms with E-state index in [-0.39, 0.29) is 18.1 Å². The Kier molecular flexibility index (Phi) is 3.75. The maximum absolute atomic E-state index is 11.8. The zero-order valence-electron chi connectivity index (χ0n) is 9.93. The number of hydrogen-bond donors (Lipinski definition) is 2. The molecular weight excluding hydrogens is 220 g/mol. The van der Waals surface area contributed by atoms with Crippen LogP contribution in [0.25, 0.3) is 0 Å². The molecule has 6 nitrogen and oxygen atoms in total. The largest absolute Gasteiger partial charge is 0.364 e. The van der Waals surface area contributed by atoms with E-state index in [9.17, 15) is 4.79 Å². The minimum absolute atomic E-state index is 0.0268. The zero-order chi connectivity index (χ0) is 12.3. The fourth-order valence-electron chi connectivity index (χ4n) is 1.92. The average Bonchev–Trinajstić information content (AvgIpc) is 2.94. The Morgan fingerprint density at radius 2 is 2.53 bits per heavy atom. The molecule has 2 heterocycles. The van der Waals surface area contributed by atoms with Gasteiger partial charge in [0, 0.05) is 26.0 Å². The van der Waals surface area contributed by atoms with Crippen LogP contribution in [0.2, 0.25) is 0 Å². The summed E-state index contributed by atoms with van der Waals surface area (Å²) >= 11 is 0. The van der Waals surface area contributed by atoms with Gasteiger partial charge in [0.1, 0.15) is 11.9 Å². The van der Waals surface area contributed by atoms with Crippen molar-refractivity contribution in [2.24, 2.45) is 12.8 Å². The van der Waals surface area contributed by atoms with Crippen LogP contribution in [0.3, 0.4) is 0 Å². The lowest BCUT2D eigenvalue weighted by molar-refractivity contribution is -0.132. The molecule has 0 saturated carbocycles. The third-order valence-corrected chi connectivity index (χ3v) is 3.00. The maximum Gasteiger partial charge on any atom is 0.249 e. The van der Waals surface area contributed by atoms with Crippen molar-refractivity contribution in [3.05, 3.63) is 18.2 Å². The molecule has 0 aliphatic carbocycles. The topological polar surface area (TPSA) is 82.2 Å². The van der Waals surface area contributed by atoms with Crippen LogP contribution in [-0.4, -0.2) is 34.2 Å². The van der Waals surface area contributed by atoms with Gasteiger partial charge >= 0.3 is 0 Å². The molecule has 6 heteroatoms. The van der Waals surface area contributed by atoms with E-state index in [0.717, 1.165) is 18.7 Å². The lowest BCUT2D eigenvalue weighted by Crippen LogP contribution is -2.35. The lowest BCUT2D eigenvalue weighted by Gasteiger charge is -2.12. The van der Waals surface area contributed by atoms with Crippen molar-refractivity contribution in [3.63, 3.8) is 0 Å². The number of nitrogens with one attached hydrogen (secondary N) is 1. The summed E-state index contributed by atoms with van der Waals surface area (Å²) in [5.74, 6) is 0.746. The Labute approximate surface area is 100 Å². The summed E-state index contributed by atoms with van der Waals surface area (Å²) in [6.07, 6.45) is 4.82. The first-order valence-corrected chi connectivity index (χ1v) is 5.80. The SMILES string of the molecule is Cn1ccnc1CNC(=O)C1CCC(CN)O1. The minimum atomic E-state index is -0.358. The summed E-state index contributed by atoms with van der Waals surface area (Å²) in [7, 11) is 1.89. The average molecular weight is 238 g/mol. The van der Waals surface area contributed by atoms with Crippen molar-refractivity contribution < 1.29 is 9.53 Å². The molecule has 1 saturated heterocycles. The molecule has 2 atom stereocenters. The molecule has 1 amide bonds. The van der Waals surface area contributed by atoms with Gasteiger partial charge in [0.2, 0.25) is 5.91 Å². The van der Waals surface area contributed by atoms with Crippen LogP contribution >= 0.6 is 0 Å². The number of hydrogen-bond acceptors (Lipinski definition) is 4. The second kappa shape index (κ2) is 5.29. The summed E-state index contributed by atoms with van der Waals surface area (Å²) in [6.45, 7) is 0.901. The van der Waals surface area contributed by atoms with Gasteiger partial charge in [0.25, 0.3) is 0 Å². The Balaban J connectivity index is 1.80. The summed E-state index contributed by atoms with van der Waals surface area (Å²) < 4.78 is 7.38. The summed E-state index contributed by atoms with van der Waals surface area (Å²) in [6, 6.07) is 0. The number of nitrogens with zero attached hydrogens (tertiary/aromatic N) is 2. The Bertz CT molecular complexity index is 391. The van der Waals surface area contributed by atoms with Crippen LogP contribution in [0.1, 0.15) is 18.7 Å². The van der Waals surface area contributed by atoms with E-state index in [1.807, 2.05) is 17.8 Å². The van der Waals surface area contributed by atoms with E-state index in [1.165, 1.54) is 0 Å². The monoisotopic (exact) mass is 238 g/mol. The molecule has 0 aromatic carbocycles. The highest BCUT2D eigenvalue weighted by Crippen LogP contribution is 2.18. The third-order valence-electron chi connectivity index (χ3n) is 3.00. The number of rotatable bonds is 4. The molecule has 17 heavy (non-hydrogen) atoms. The molecule has 2 unspecified atom stereocenters. The fraction of sp³-hybridized carbons (Fsp3) is 0.636. The summed E-state index contributed by atoms with van der Waals surface area (Å²) in [5.41, 5.74) is 5.50. The number of nitrogens with two attached hydrogens (primary N) is 1. The predicted molar refractivity (Wildman–Crippen MR) is 62.0 cm³/mol. The van der Waals surface area contributed by atoms with Crippen molar-refractivity contribution >= 4 is 5.91 Å². The molecule has 0 bridgehead atoms. The van der Waals surface area contributed by atoms with Crippen molar-refractivity contribution in [2.75, 3.05) is 6.54 Å². The van der Waals surface area contributed by atoms with E-state index in [0.29, 0.717) is 13.1 Å². The molecule has 1 fully saturated rings. The predicted octanol–water partition coefficient (Wildman–Crippen LogP) is -0.457. The first-order valence-electron chi connectivity index (χ1n) is 5.80. The van der Waals surface area contributed by atoms with Crippen LogP contribution in [0.4, 0.5) is 0 Å². The van der Waals surface area contributed by atoms with Gasteiger partial charge in [-0.25, -0.2) is 4.98 Å². The molecule has 1 aliphatic heterocycles. The molecule has 94 valence electrons. The van der Waals surface area contributed by atoms with Crippen molar-refractivity contribution in [2.45, 2.75) is 31.6 Å². The van der Waals surface area contributed by atoms with Crippen LogP contribution in [0.15, 0.2) is 12.4 Å². The normalized spacial score (nSPS) is 23.9. The third kappa shape index (κ3) is 2.83.